The molecule has 1 atom stereocenters. The van der Waals surface area contributed by atoms with Gasteiger partial charge in [-0.1, -0.05) is 0 Å². The molecule has 0 bridgehead atoms. The molecule has 0 aliphatic heterocycles. The van der Waals surface area contributed by atoms with Crippen molar-refractivity contribution < 1.29 is 37.0 Å². The molecule has 0 aliphatic rings. The number of rotatable bonds is 3. The van der Waals surface area contributed by atoms with Crippen LogP contribution in [0.5, 0.6) is 0 Å². The standard InChI is InChI=1S/C13H8F4O4/c14-8-2-1-6(13(15,16)17)5-7(8)11(18)9-3-4-10(21-9)12(19)20/h1-5,11,18H,(H,19,20). The highest BCUT2D eigenvalue weighted by Crippen LogP contribution is 2.33. The molecule has 0 radical (unpaired) electrons. The minimum Gasteiger partial charge on any atom is -0.475 e. The fourth-order valence-corrected chi connectivity index (χ4v) is 1.70. The number of hydrogen-bond donors (Lipinski definition) is 2. The van der Waals surface area contributed by atoms with E-state index in [2.05, 4.69) is 0 Å². The first-order valence-corrected chi connectivity index (χ1v) is 5.58. The summed E-state index contributed by atoms with van der Waals surface area (Å²) in [6.07, 6.45) is -6.54. The Bertz CT molecular complexity index is 675. The Morgan fingerprint density at radius 3 is 2.38 bits per heavy atom. The van der Waals surface area contributed by atoms with Gasteiger partial charge in [0.05, 0.1) is 5.56 Å². The van der Waals surface area contributed by atoms with Crippen LogP contribution in [0.1, 0.15) is 33.5 Å². The number of carboxylic acids is 1. The van der Waals surface area contributed by atoms with Gasteiger partial charge in [-0.2, -0.15) is 13.2 Å². The quantitative estimate of drug-likeness (QED) is 0.854. The van der Waals surface area contributed by atoms with Gasteiger partial charge in [0, 0.05) is 5.56 Å². The predicted octanol–water partition coefficient (Wildman–Crippen LogP) is 3.22. The average Bonchev–Trinajstić information content (AvgIpc) is 2.86. The number of carboxylic acid groups (broad SMARTS) is 1. The van der Waals surface area contributed by atoms with E-state index in [4.69, 9.17) is 9.52 Å². The second kappa shape index (κ2) is 5.21. The van der Waals surface area contributed by atoms with Gasteiger partial charge >= 0.3 is 12.1 Å². The predicted molar refractivity (Wildman–Crippen MR) is 61.1 cm³/mol. The molecule has 0 spiro atoms. The van der Waals surface area contributed by atoms with Crippen LogP contribution < -0.4 is 0 Å². The highest BCUT2D eigenvalue weighted by Gasteiger charge is 2.32. The maximum Gasteiger partial charge on any atom is 0.416 e. The highest BCUT2D eigenvalue weighted by atomic mass is 19.4. The monoisotopic (exact) mass is 304 g/mol. The number of furan rings is 1. The lowest BCUT2D eigenvalue weighted by molar-refractivity contribution is -0.137. The van der Waals surface area contributed by atoms with Gasteiger partial charge in [0.15, 0.2) is 0 Å². The first kappa shape index (κ1) is 15.0. The fraction of sp³-hybridized carbons (Fsp3) is 0.154. The van der Waals surface area contributed by atoms with Crippen molar-refractivity contribution >= 4 is 5.97 Å². The molecule has 1 unspecified atom stereocenters. The normalized spacial score (nSPS) is 13.2. The summed E-state index contributed by atoms with van der Waals surface area (Å²) in [5.41, 5.74) is -1.79. The van der Waals surface area contributed by atoms with Gasteiger partial charge in [-0.05, 0) is 30.3 Å². The van der Waals surface area contributed by atoms with E-state index in [-0.39, 0.29) is 5.76 Å². The molecule has 2 aromatic rings. The zero-order valence-electron chi connectivity index (χ0n) is 10.2. The van der Waals surface area contributed by atoms with Crippen molar-refractivity contribution in [2.75, 3.05) is 0 Å². The van der Waals surface area contributed by atoms with Gasteiger partial charge in [-0.15, -0.1) is 0 Å². The molecule has 4 nitrogen and oxygen atoms in total. The van der Waals surface area contributed by atoms with Gasteiger partial charge in [0.2, 0.25) is 5.76 Å². The second-order valence-corrected chi connectivity index (χ2v) is 4.14. The minimum atomic E-state index is -4.70. The van der Waals surface area contributed by atoms with Crippen molar-refractivity contribution in [3.05, 3.63) is 58.8 Å². The summed E-state index contributed by atoms with van der Waals surface area (Å²) in [7, 11) is 0. The summed E-state index contributed by atoms with van der Waals surface area (Å²) in [5, 5.41) is 18.5. The van der Waals surface area contributed by atoms with Crippen LogP contribution >= 0.6 is 0 Å². The molecule has 112 valence electrons. The molecule has 0 fully saturated rings. The van der Waals surface area contributed by atoms with Crippen molar-refractivity contribution in [3.63, 3.8) is 0 Å². The Kier molecular flexibility index (Phi) is 3.73. The second-order valence-electron chi connectivity index (χ2n) is 4.14. The van der Waals surface area contributed by atoms with E-state index in [1.165, 1.54) is 0 Å². The lowest BCUT2D eigenvalue weighted by Crippen LogP contribution is -2.09. The minimum absolute atomic E-state index is 0.370. The smallest absolute Gasteiger partial charge is 0.416 e. The van der Waals surface area contributed by atoms with E-state index in [9.17, 15) is 27.5 Å². The van der Waals surface area contributed by atoms with Crippen LogP contribution in [0, 0.1) is 5.82 Å². The zero-order chi connectivity index (χ0) is 15.8. The Morgan fingerprint density at radius 2 is 1.86 bits per heavy atom. The summed E-state index contributed by atoms with van der Waals surface area (Å²) in [6.45, 7) is 0. The van der Waals surface area contributed by atoms with E-state index in [1.54, 1.807) is 0 Å². The van der Waals surface area contributed by atoms with Crippen LogP contribution in [0.25, 0.3) is 0 Å². The van der Waals surface area contributed by atoms with Gasteiger partial charge < -0.3 is 14.6 Å². The van der Waals surface area contributed by atoms with Crippen LogP contribution in [-0.4, -0.2) is 16.2 Å². The third-order valence-electron chi connectivity index (χ3n) is 2.72. The van der Waals surface area contributed by atoms with Gasteiger partial charge in [-0.25, -0.2) is 9.18 Å². The van der Waals surface area contributed by atoms with E-state index >= 15 is 0 Å². The molecule has 0 saturated heterocycles. The van der Waals surface area contributed by atoms with E-state index in [0.29, 0.717) is 18.2 Å². The van der Waals surface area contributed by atoms with Crippen molar-refractivity contribution in [1.82, 2.24) is 0 Å². The Balaban J connectivity index is 2.42. The Morgan fingerprint density at radius 1 is 1.19 bits per heavy atom. The first-order valence-electron chi connectivity index (χ1n) is 5.58. The average molecular weight is 304 g/mol. The van der Waals surface area contributed by atoms with E-state index in [1.807, 2.05) is 0 Å². The maximum atomic E-state index is 13.6. The first-order chi connectivity index (χ1) is 9.70. The number of alkyl halides is 3. The topological polar surface area (TPSA) is 70.7 Å². The third kappa shape index (κ3) is 3.05. The molecule has 0 amide bonds. The van der Waals surface area contributed by atoms with Gasteiger partial charge in [0.25, 0.3) is 0 Å². The molecule has 2 rings (SSSR count). The zero-order valence-corrected chi connectivity index (χ0v) is 10.2. The van der Waals surface area contributed by atoms with Crippen LogP contribution in [0.2, 0.25) is 0 Å². The number of benzene rings is 1. The van der Waals surface area contributed by atoms with E-state index < -0.39 is 41.0 Å². The summed E-state index contributed by atoms with van der Waals surface area (Å²) in [5.74, 6) is -3.37. The highest BCUT2D eigenvalue weighted by molar-refractivity contribution is 5.84. The van der Waals surface area contributed by atoms with Crippen molar-refractivity contribution in [3.8, 4) is 0 Å². The lowest BCUT2D eigenvalue weighted by atomic mass is 10.0. The number of carbonyl (C=O) groups is 1. The molecule has 2 N–H and O–H groups in total. The number of aliphatic hydroxyl groups is 1. The van der Waals surface area contributed by atoms with Gasteiger partial charge in [-0.3, -0.25) is 0 Å². The van der Waals surface area contributed by atoms with Crippen molar-refractivity contribution in [2.45, 2.75) is 12.3 Å². The fourth-order valence-electron chi connectivity index (χ4n) is 1.70. The molecule has 21 heavy (non-hydrogen) atoms. The number of hydrogen-bond acceptors (Lipinski definition) is 3. The van der Waals surface area contributed by atoms with Gasteiger partial charge in [0.1, 0.15) is 17.7 Å². The maximum absolute atomic E-state index is 13.6. The number of aliphatic hydroxyl groups excluding tert-OH is 1. The summed E-state index contributed by atoms with van der Waals surface area (Å²) >= 11 is 0. The Labute approximate surface area is 115 Å². The third-order valence-corrected chi connectivity index (χ3v) is 2.72. The number of halogens is 4. The molecule has 8 heteroatoms. The summed E-state index contributed by atoms with van der Waals surface area (Å²) in [6, 6.07) is 3.61. The van der Waals surface area contributed by atoms with Crippen LogP contribution in [0.3, 0.4) is 0 Å². The molecule has 1 heterocycles. The Hall–Kier alpha value is -2.35. The van der Waals surface area contributed by atoms with Crippen molar-refractivity contribution in [2.24, 2.45) is 0 Å². The molecule has 0 saturated carbocycles. The molecular formula is C13H8F4O4. The molecule has 0 aliphatic carbocycles. The number of aromatic carboxylic acids is 1. The van der Waals surface area contributed by atoms with E-state index in [0.717, 1.165) is 12.1 Å². The molecule has 1 aromatic heterocycles. The van der Waals surface area contributed by atoms with Crippen molar-refractivity contribution in [1.29, 1.82) is 0 Å². The van der Waals surface area contributed by atoms with Crippen LogP contribution in [0.4, 0.5) is 17.6 Å². The molecule has 1 aromatic carbocycles. The SMILES string of the molecule is O=C(O)c1ccc(C(O)c2cc(C(F)(F)F)ccc2F)o1. The summed E-state index contributed by atoms with van der Waals surface area (Å²) in [4.78, 5) is 10.6. The largest absolute Gasteiger partial charge is 0.475 e. The lowest BCUT2D eigenvalue weighted by Gasteiger charge is -2.13. The van der Waals surface area contributed by atoms with Crippen LogP contribution in [-0.2, 0) is 6.18 Å². The summed E-state index contributed by atoms with van der Waals surface area (Å²) < 4.78 is 56.0. The van der Waals surface area contributed by atoms with Crippen LogP contribution in [0.15, 0.2) is 34.7 Å². The molecular weight excluding hydrogens is 296 g/mol.